The zero-order chi connectivity index (χ0) is 8.81. The molecule has 1 amide bonds. The smallest absolute Gasteiger partial charge is 0.234 e. The highest BCUT2D eigenvalue weighted by atomic mass is 16.2. The molecular weight excluding hydrogens is 152 g/mol. The van der Waals surface area contributed by atoms with E-state index in [2.05, 4.69) is 23.4 Å². The fourth-order valence-corrected chi connectivity index (χ4v) is 1.06. The van der Waals surface area contributed by atoms with Crippen molar-refractivity contribution in [3.8, 4) is 12.3 Å². The molecule has 0 bridgehead atoms. The Kier molecular flexibility index (Phi) is 3.36. The second kappa shape index (κ2) is 4.58. The van der Waals surface area contributed by atoms with Gasteiger partial charge in [0.1, 0.15) is 0 Å². The molecule has 12 heavy (non-hydrogen) atoms. The Bertz CT molecular complexity index is 219. The van der Waals surface area contributed by atoms with E-state index >= 15 is 0 Å². The van der Waals surface area contributed by atoms with E-state index in [1.54, 1.807) is 0 Å². The first kappa shape index (κ1) is 8.82. The average molecular weight is 164 g/mol. The third-order valence-corrected chi connectivity index (χ3v) is 1.65. The van der Waals surface area contributed by atoms with Crippen molar-refractivity contribution in [2.75, 3.05) is 26.2 Å². The van der Waals surface area contributed by atoms with Crippen molar-refractivity contribution in [3.05, 3.63) is 12.2 Å². The standard InChI is InChI=1S/C9H12N2O/c1-2-5-10-9(12)8-11-6-3-4-7-11/h1,3-4H,5-8H2,(H,10,12). The zero-order valence-corrected chi connectivity index (χ0v) is 6.92. The summed E-state index contributed by atoms with van der Waals surface area (Å²) >= 11 is 0. The molecule has 1 aliphatic rings. The number of terminal acetylenes is 1. The summed E-state index contributed by atoms with van der Waals surface area (Å²) < 4.78 is 0. The van der Waals surface area contributed by atoms with Gasteiger partial charge < -0.3 is 5.32 Å². The number of nitrogens with one attached hydrogen (secondary N) is 1. The fourth-order valence-electron chi connectivity index (χ4n) is 1.06. The molecule has 0 aromatic heterocycles. The SMILES string of the molecule is C#CCNC(=O)CN1CC=CC1. The van der Waals surface area contributed by atoms with Crippen molar-refractivity contribution in [3.63, 3.8) is 0 Å². The fraction of sp³-hybridized carbons (Fsp3) is 0.444. The minimum atomic E-state index is -0.00310. The van der Waals surface area contributed by atoms with Crippen LogP contribution in [-0.2, 0) is 4.79 Å². The van der Waals surface area contributed by atoms with Crippen LogP contribution in [0.5, 0.6) is 0 Å². The number of hydrogen-bond donors (Lipinski definition) is 1. The second-order valence-electron chi connectivity index (χ2n) is 2.65. The summed E-state index contributed by atoms with van der Waals surface area (Å²) in [5.74, 6) is 2.35. The van der Waals surface area contributed by atoms with Crippen LogP contribution in [-0.4, -0.2) is 37.0 Å². The van der Waals surface area contributed by atoms with Gasteiger partial charge in [-0.15, -0.1) is 6.42 Å². The quantitative estimate of drug-likeness (QED) is 0.455. The molecule has 0 atom stereocenters. The molecule has 1 aliphatic heterocycles. The van der Waals surface area contributed by atoms with Crippen molar-refractivity contribution >= 4 is 5.91 Å². The van der Waals surface area contributed by atoms with Gasteiger partial charge in [0.15, 0.2) is 0 Å². The Morgan fingerprint density at radius 2 is 2.25 bits per heavy atom. The summed E-state index contributed by atoms with van der Waals surface area (Å²) in [5, 5.41) is 2.61. The van der Waals surface area contributed by atoms with E-state index in [0.717, 1.165) is 13.1 Å². The number of nitrogens with zero attached hydrogens (tertiary/aromatic N) is 1. The zero-order valence-electron chi connectivity index (χ0n) is 6.92. The average Bonchev–Trinajstić information content (AvgIpc) is 2.53. The van der Waals surface area contributed by atoms with E-state index in [1.807, 2.05) is 4.90 Å². The van der Waals surface area contributed by atoms with Crippen LogP contribution in [0, 0.1) is 12.3 Å². The summed E-state index contributed by atoms with van der Waals surface area (Å²) in [5.41, 5.74) is 0. The maximum absolute atomic E-state index is 11.1. The van der Waals surface area contributed by atoms with Crippen LogP contribution in [0.2, 0.25) is 0 Å². The highest BCUT2D eigenvalue weighted by molar-refractivity contribution is 5.78. The number of amides is 1. The number of carbonyl (C=O) groups is 1. The van der Waals surface area contributed by atoms with Gasteiger partial charge in [-0.2, -0.15) is 0 Å². The molecule has 0 aromatic rings. The van der Waals surface area contributed by atoms with Crippen LogP contribution in [0.15, 0.2) is 12.2 Å². The Balaban J connectivity index is 2.14. The Hall–Kier alpha value is -1.27. The predicted molar refractivity (Wildman–Crippen MR) is 47.4 cm³/mol. The third kappa shape index (κ3) is 2.77. The normalized spacial score (nSPS) is 15.9. The Morgan fingerprint density at radius 3 is 2.83 bits per heavy atom. The van der Waals surface area contributed by atoms with Crippen LogP contribution in [0.25, 0.3) is 0 Å². The van der Waals surface area contributed by atoms with E-state index in [1.165, 1.54) is 0 Å². The number of rotatable bonds is 3. The van der Waals surface area contributed by atoms with Crippen LogP contribution in [0.4, 0.5) is 0 Å². The minimum Gasteiger partial charge on any atom is -0.344 e. The van der Waals surface area contributed by atoms with Gasteiger partial charge in [-0.05, 0) is 0 Å². The van der Waals surface area contributed by atoms with Crippen LogP contribution in [0.1, 0.15) is 0 Å². The van der Waals surface area contributed by atoms with E-state index in [4.69, 9.17) is 6.42 Å². The molecule has 3 nitrogen and oxygen atoms in total. The van der Waals surface area contributed by atoms with Gasteiger partial charge in [-0.1, -0.05) is 18.1 Å². The molecule has 1 N–H and O–H groups in total. The van der Waals surface area contributed by atoms with Crippen molar-refractivity contribution in [1.29, 1.82) is 0 Å². The van der Waals surface area contributed by atoms with Gasteiger partial charge >= 0.3 is 0 Å². The van der Waals surface area contributed by atoms with Gasteiger partial charge in [0.05, 0.1) is 13.1 Å². The molecule has 0 aliphatic carbocycles. The summed E-state index contributed by atoms with van der Waals surface area (Å²) in [7, 11) is 0. The lowest BCUT2D eigenvalue weighted by atomic mass is 10.5. The number of hydrogen-bond acceptors (Lipinski definition) is 2. The van der Waals surface area contributed by atoms with E-state index in [0.29, 0.717) is 13.1 Å². The lowest BCUT2D eigenvalue weighted by Crippen LogP contribution is -2.36. The summed E-state index contributed by atoms with van der Waals surface area (Å²) in [6.07, 6.45) is 9.09. The first-order valence-electron chi connectivity index (χ1n) is 3.90. The molecule has 3 heteroatoms. The maximum Gasteiger partial charge on any atom is 0.234 e. The number of carbonyl (C=O) groups excluding carboxylic acids is 1. The van der Waals surface area contributed by atoms with Crippen molar-refractivity contribution < 1.29 is 4.79 Å². The predicted octanol–water partition coefficient (Wildman–Crippen LogP) is -0.392. The van der Waals surface area contributed by atoms with Crippen molar-refractivity contribution in [2.45, 2.75) is 0 Å². The summed E-state index contributed by atoms with van der Waals surface area (Å²) in [4.78, 5) is 13.1. The van der Waals surface area contributed by atoms with E-state index in [-0.39, 0.29) is 5.91 Å². The topological polar surface area (TPSA) is 32.3 Å². The molecule has 0 radical (unpaired) electrons. The van der Waals surface area contributed by atoms with Crippen LogP contribution >= 0.6 is 0 Å². The lowest BCUT2D eigenvalue weighted by molar-refractivity contribution is -0.121. The molecule has 0 aromatic carbocycles. The van der Waals surface area contributed by atoms with Crippen LogP contribution < -0.4 is 5.32 Å². The van der Waals surface area contributed by atoms with Gasteiger partial charge in [-0.3, -0.25) is 9.69 Å². The van der Waals surface area contributed by atoms with Gasteiger partial charge in [0, 0.05) is 13.1 Å². The molecule has 0 spiro atoms. The molecule has 0 saturated heterocycles. The minimum absolute atomic E-state index is 0.00310. The van der Waals surface area contributed by atoms with Crippen LogP contribution in [0.3, 0.4) is 0 Å². The summed E-state index contributed by atoms with van der Waals surface area (Å²) in [6, 6.07) is 0. The molecule has 1 heterocycles. The second-order valence-corrected chi connectivity index (χ2v) is 2.65. The van der Waals surface area contributed by atoms with Crippen molar-refractivity contribution in [1.82, 2.24) is 10.2 Å². The first-order chi connectivity index (χ1) is 5.83. The molecule has 64 valence electrons. The van der Waals surface area contributed by atoms with Crippen molar-refractivity contribution in [2.24, 2.45) is 0 Å². The molecular formula is C9H12N2O. The Labute approximate surface area is 72.4 Å². The first-order valence-corrected chi connectivity index (χ1v) is 3.90. The van der Waals surface area contributed by atoms with E-state index < -0.39 is 0 Å². The van der Waals surface area contributed by atoms with Gasteiger partial charge in [0.2, 0.25) is 5.91 Å². The lowest BCUT2D eigenvalue weighted by Gasteiger charge is -2.12. The monoisotopic (exact) mass is 164 g/mol. The largest absolute Gasteiger partial charge is 0.344 e. The molecule has 0 saturated carbocycles. The third-order valence-electron chi connectivity index (χ3n) is 1.65. The maximum atomic E-state index is 11.1. The Morgan fingerprint density at radius 1 is 1.58 bits per heavy atom. The van der Waals surface area contributed by atoms with Gasteiger partial charge in [-0.25, -0.2) is 0 Å². The van der Waals surface area contributed by atoms with E-state index in [9.17, 15) is 4.79 Å². The van der Waals surface area contributed by atoms with Gasteiger partial charge in [0.25, 0.3) is 0 Å². The molecule has 0 fully saturated rings. The highest BCUT2D eigenvalue weighted by Crippen LogP contribution is 1.96. The summed E-state index contributed by atoms with van der Waals surface area (Å²) in [6.45, 7) is 2.49. The molecule has 1 rings (SSSR count). The highest BCUT2D eigenvalue weighted by Gasteiger charge is 2.09. The molecule has 0 unspecified atom stereocenters.